The quantitative estimate of drug-likeness (QED) is 0.603. The first-order valence-corrected chi connectivity index (χ1v) is 11.3. The number of carbonyl (C=O) groups is 1. The minimum absolute atomic E-state index is 0.0458. The van der Waals surface area contributed by atoms with Gasteiger partial charge in [0, 0.05) is 55.1 Å². The third-order valence-corrected chi connectivity index (χ3v) is 6.40. The molecule has 5 heterocycles. The summed E-state index contributed by atoms with van der Waals surface area (Å²) in [6, 6.07) is 2.17. The Morgan fingerprint density at radius 1 is 1.15 bits per heavy atom. The fourth-order valence-corrected chi connectivity index (χ4v) is 4.75. The van der Waals surface area contributed by atoms with E-state index in [1.807, 2.05) is 49.8 Å². The number of pyridine rings is 1. The molecule has 5 rings (SSSR count). The Labute approximate surface area is 193 Å². The van der Waals surface area contributed by atoms with E-state index in [1.165, 1.54) is 0 Å². The largest absolute Gasteiger partial charge is 0.481 e. The summed E-state index contributed by atoms with van der Waals surface area (Å²) in [5.41, 5.74) is 7.38. The summed E-state index contributed by atoms with van der Waals surface area (Å²) in [5.74, 6) is 0.754. The SMILES string of the molecule is COc1c2c(nn1C)CN(C(C)C)C(=O)CCCn1cc(c(C)n1)C1=NCc3ncc-2cc31. The molecule has 0 aromatic carbocycles. The smallest absolute Gasteiger partial charge is 0.223 e. The molecule has 4 bridgehead atoms. The van der Waals surface area contributed by atoms with E-state index in [4.69, 9.17) is 19.8 Å². The summed E-state index contributed by atoms with van der Waals surface area (Å²) < 4.78 is 9.39. The Balaban J connectivity index is 1.71. The number of carbonyl (C=O) groups excluding carboxylic acids is 1. The fourth-order valence-electron chi connectivity index (χ4n) is 4.75. The number of aliphatic imine (C=N–C) groups is 1. The fraction of sp³-hybridized carbons (Fsp3) is 0.458. The molecule has 0 unspecified atom stereocenters. The zero-order chi connectivity index (χ0) is 23.3. The number of aryl methyl sites for hydroxylation is 3. The second kappa shape index (κ2) is 8.13. The number of nitrogens with zero attached hydrogens (tertiary/aromatic N) is 7. The van der Waals surface area contributed by atoms with Crippen molar-refractivity contribution < 1.29 is 9.53 Å². The first kappa shape index (κ1) is 21.4. The molecule has 0 saturated heterocycles. The lowest BCUT2D eigenvalue weighted by molar-refractivity contribution is -0.133. The summed E-state index contributed by atoms with van der Waals surface area (Å²) in [6.45, 7) is 7.72. The zero-order valence-electron chi connectivity index (χ0n) is 19.8. The minimum atomic E-state index is 0.0458. The van der Waals surface area contributed by atoms with Gasteiger partial charge in [0.05, 0.1) is 48.6 Å². The molecule has 0 N–H and O–H groups in total. The van der Waals surface area contributed by atoms with E-state index >= 15 is 0 Å². The van der Waals surface area contributed by atoms with Crippen molar-refractivity contribution in [3.63, 3.8) is 0 Å². The van der Waals surface area contributed by atoms with Crippen molar-refractivity contribution in [2.24, 2.45) is 12.0 Å². The lowest BCUT2D eigenvalue weighted by atomic mass is 9.99. The molecule has 2 aliphatic heterocycles. The normalized spacial score (nSPS) is 15.9. The standard InChI is InChI=1S/C24H29N7O2/c1-14(2)31-13-20-22(24(33-5)29(4)28-20)16-9-17-19(25-10-16)11-26-23(17)18-12-30(27-15(18)3)8-6-7-21(31)32/h9-10,12,14H,6-8,11,13H2,1-5H3. The van der Waals surface area contributed by atoms with Crippen molar-refractivity contribution in [2.75, 3.05) is 7.11 Å². The molecule has 0 radical (unpaired) electrons. The first-order valence-electron chi connectivity index (χ1n) is 11.3. The Bertz CT molecular complexity index is 1270. The highest BCUT2D eigenvalue weighted by Gasteiger charge is 2.28. The third-order valence-electron chi connectivity index (χ3n) is 6.40. The number of methoxy groups -OCH3 is 1. The van der Waals surface area contributed by atoms with E-state index in [0.29, 0.717) is 38.4 Å². The van der Waals surface area contributed by atoms with Crippen LogP contribution in [0.1, 0.15) is 54.9 Å². The molecule has 3 aromatic heterocycles. The molecule has 0 saturated carbocycles. The van der Waals surface area contributed by atoms with Crippen molar-refractivity contribution in [1.82, 2.24) is 29.4 Å². The van der Waals surface area contributed by atoms with Crippen molar-refractivity contribution >= 4 is 11.6 Å². The van der Waals surface area contributed by atoms with Gasteiger partial charge in [0.15, 0.2) is 0 Å². The van der Waals surface area contributed by atoms with E-state index in [9.17, 15) is 4.79 Å². The average molecular weight is 448 g/mol. The molecule has 172 valence electrons. The van der Waals surface area contributed by atoms with Gasteiger partial charge < -0.3 is 9.64 Å². The van der Waals surface area contributed by atoms with Gasteiger partial charge in [-0.15, -0.1) is 0 Å². The summed E-state index contributed by atoms with van der Waals surface area (Å²) >= 11 is 0. The molecule has 33 heavy (non-hydrogen) atoms. The van der Waals surface area contributed by atoms with Crippen LogP contribution in [0, 0.1) is 6.92 Å². The molecular weight excluding hydrogens is 418 g/mol. The maximum absolute atomic E-state index is 13.2. The molecule has 0 aliphatic carbocycles. The second-order valence-electron chi connectivity index (χ2n) is 8.95. The Morgan fingerprint density at radius 2 is 1.97 bits per heavy atom. The van der Waals surface area contributed by atoms with Gasteiger partial charge in [-0.2, -0.15) is 10.2 Å². The monoisotopic (exact) mass is 447 g/mol. The molecule has 9 heteroatoms. The van der Waals surface area contributed by atoms with Crippen LogP contribution < -0.4 is 4.74 Å². The van der Waals surface area contributed by atoms with E-state index in [1.54, 1.807) is 11.8 Å². The molecule has 2 aliphatic rings. The van der Waals surface area contributed by atoms with Crippen molar-refractivity contribution in [3.8, 4) is 17.0 Å². The Kier molecular flexibility index (Phi) is 5.26. The van der Waals surface area contributed by atoms with E-state index < -0.39 is 0 Å². The van der Waals surface area contributed by atoms with Gasteiger partial charge in [0.1, 0.15) is 0 Å². The van der Waals surface area contributed by atoms with Gasteiger partial charge in [-0.3, -0.25) is 19.5 Å². The Hall–Kier alpha value is -3.49. The molecule has 3 aromatic rings. The van der Waals surface area contributed by atoms with Crippen molar-refractivity contribution in [2.45, 2.75) is 59.3 Å². The van der Waals surface area contributed by atoms with E-state index in [2.05, 4.69) is 11.2 Å². The molecule has 1 amide bonds. The number of ether oxygens (including phenoxy) is 1. The molecule has 9 nitrogen and oxygen atoms in total. The van der Waals surface area contributed by atoms with Crippen LogP contribution in [0.5, 0.6) is 5.88 Å². The average Bonchev–Trinajstić information content (AvgIpc) is 3.44. The Morgan fingerprint density at radius 3 is 2.73 bits per heavy atom. The van der Waals surface area contributed by atoms with E-state index in [-0.39, 0.29) is 11.9 Å². The zero-order valence-corrected chi connectivity index (χ0v) is 19.8. The summed E-state index contributed by atoms with van der Waals surface area (Å²) in [7, 11) is 3.50. The van der Waals surface area contributed by atoms with Crippen LogP contribution >= 0.6 is 0 Å². The number of amides is 1. The highest BCUT2D eigenvalue weighted by atomic mass is 16.5. The minimum Gasteiger partial charge on any atom is -0.481 e. The van der Waals surface area contributed by atoms with Gasteiger partial charge in [0.2, 0.25) is 11.8 Å². The summed E-state index contributed by atoms with van der Waals surface area (Å²) in [4.78, 5) is 24.6. The van der Waals surface area contributed by atoms with Crippen LogP contribution in [0.3, 0.4) is 0 Å². The van der Waals surface area contributed by atoms with Crippen LogP contribution in [0.15, 0.2) is 23.5 Å². The summed E-state index contributed by atoms with van der Waals surface area (Å²) in [5, 5.41) is 9.42. The van der Waals surface area contributed by atoms with Gasteiger partial charge >= 0.3 is 0 Å². The number of hydrogen-bond donors (Lipinski definition) is 0. The van der Waals surface area contributed by atoms with Crippen molar-refractivity contribution in [3.05, 3.63) is 46.7 Å². The lowest BCUT2D eigenvalue weighted by Gasteiger charge is -2.26. The number of aromatic nitrogens is 5. The highest BCUT2D eigenvalue weighted by Crippen LogP contribution is 2.36. The maximum Gasteiger partial charge on any atom is 0.223 e. The van der Waals surface area contributed by atoms with Crippen molar-refractivity contribution in [1.29, 1.82) is 0 Å². The molecular formula is C24H29N7O2. The molecule has 0 atom stereocenters. The third kappa shape index (κ3) is 3.61. The van der Waals surface area contributed by atoms with Crippen LogP contribution in [0.2, 0.25) is 0 Å². The van der Waals surface area contributed by atoms with Gasteiger partial charge in [-0.1, -0.05) is 0 Å². The van der Waals surface area contributed by atoms with Gasteiger partial charge in [0.25, 0.3) is 0 Å². The number of hydrogen-bond acceptors (Lipinski definition) is 6. The van der Waals surface area contributed by atoms with E-state index in [0.717, 1.165) is 45.0 Å². The molecule has 0 fully saturated rings. The van der Waals surface area contributed by atoms with Gasteiger partial charge in [-0.05, 0) is 33.3 Å². The second-order valence-corrected chi connectivity index (χ2v) is 8.95. The van der Waals surface area contributed by atoms with Crippen LogP contribution in [-0.2, 0) is 31.5 Å². The number of rotatable bonds is 2. The maximum atomic E-state index is 13.2. The van der Waals surface area contributed by atoms with Crippen LogP contribution in [-0.4, -0.2) is 54.2 Å². The van der Waals surface area contributed by atoms with Crippen LogP contribution in [0.4, 0.5) is 0 Å². The summed E-state index contributed by atoms with van der Waals surface area (Å²) in [6.07, 6.45) is 5.06. The van der Waals surface area contributed by atoms with Crippen LogP contribution in [0.25, 0.3) is 11.1 Å². The topological polar surface area (TPSA) is 90.4 Å². The number of fused-ring (bicyclic) bond motifs is 6. The first-order chi connectivity index (χ1) is 15.9. The molecule has 0 spiro atoms. The predicted molar refractivity (Wildman–Crippen MR) is 124 cm³/mol. The van der Waals surface area contributed by atoms with Gasteiger partial charge in [-0.25, -0.2) is 4.68 Å². The lowest BCUT2D eigenvalue weighted by Crippen LogP contribution is -2.36. The highest BCUT2D eigenvalue weighted by molar-refractivity contribution is 6.15. The predicted octanol–water partition coefficient (Wildman–Crippen LogP) is 2.88.